The quantitative estimate of drug-likeness (QED) is 0.762. The summed E-state index contributed by atoms with van der Waals surface area (Å²) in [6.45, 7) is 7.06. The normalized spacial score (nSPS) is 20.9. The second kappa shape index (κ2) is 5.33. The van der Waals surface area contributed by atoms with Gasteiger partial charge in [-0.1, -0.05) is 24.3 Å². The zero-order valence-electron chi connectivity index (χ0n) is 10.6. The van der Waals surface area contributed by atoms with E-state index in [1.807, 2.05) is 6.08 Å². The van der Waals surface area contributed by atoms with Crippen molar-refractivity contribution in [3.63, 3.8) is 0 Å². The van der Waals surface area contributed by atoms with Crippen LogP contribution in [0.2, 0.25) is 0 Å². The second-order valence-corrected chi connectivity index (χ2v) is 5.16. The van der Waals surface area contributed by atoms with E-state index >= 15 is 0 Å². The van der Waals surface area contributed by atoms with E-state index in [4.69, 9.17) is 4.74 Å². The van der Waals surface area contributed by atoms with Gasteiger partial charge in [0.05, 0.1) is 0 Å². The van der Waals surface area contributed by atoms with E-state index in [-0.39, 0.29) is 18.0 Å². The van der Waals surface area contributed by atoms with Gasteiger partial charge in [-0.15, -0.1) is 19.0 Å². The van der Waals surface area contributed by atoms with E-state index in [9.17, 15) is 0 Å². The third-order valence-electron chi connectivity index (χ3n) is 3.97. The number of piperidine rings is 1. The molecule has 0 bridgehead atoms. The van der Waals surface area contributed by atoms with Crippen LogP contribution in [-0.2, 0) is 6.42 Å². The molecule has 98 valence electrons. The molecule has 1 aromatic rings. The van der Waals surface area contributed by atoms with Gasteiger partial charge in [-0.2, -0.15) is 0 Å². The average Bonchev–Trinajstić information content (AvgIpc) is 2.70. The van der Waals surface area contributed by atoms with Crippen LogP contribution >= 0.6 is 12.4 Å². The Kier molecular flexibility index (Phi) is 3.98. The van der Waals surface area contributed by atoms with E-state index in [0.717, 1.165) is 44.6 Å². The summed E-state index contributed by atoms with van der Waals surface area (Å²) >= 11 is 0. The number of para-hydroxylation sites is 1. The lowest BCUT2D eigenvalue weighted by Crippen LogP contribution is -2.47. The Bertz CT molecular complexity index is 397. The Balaban J connectivity index is 0.00000120. The van der Waals surface area contributed by atoms with Crippen molar-refractivity contribution < 1.29 is 4.74 Å². The smallest absolute Gasteiger partial charge is 0.123 e. The van der Waals surface area contributed by atoms with Crippen molar-refractivity contribution in [3.05, 3.63) is 42.5 Å². The van der Waals surface area contributed by atoms with Gasteiger partial charge in [-0.3, -0.25) is 4.90 Å². The van der Waals surface area contributed by atoms with Crippen molar-refractivity contribution >= 4 is 12.4 Å². The third-order valence-corrected chi connectivity index (χ3v) is 3.97. The number of fused-ring (bicyclic) bond motifs is 1. The molecule has 18 heavy (non-hydrogen) atoms. The Morgan fingerprint density at radius 2 is 2.00 bits per heavy atom. The van der Waals surface area contributed by atoms with Gasteiger partial charge in [-0.25, -0.2) is 0 Å². The lowest BCUT2D eigenvalue weighted by molar-refractivity contribution is 0.0229. The van der Waals surface area contributed by atoms with Crippen molar-refractivity contribution in [1.82, 2.24) is 4.90 Å². The standard InChI is InChI=1S/C15H19NO.ClH/c1-2-9-16-10-7-15(8-11-16)12-13-5-3-4-6-14(13)17-15;/h2-6H,1,7-12H2;1H. The van der Waals surface area contributed by atoms with Crippen molar-refractivity contribution in [1.29, 1.82) is 0 Å². The average molecular weight is 266 g/mol. The van der Waals surface area contributed by atoms with Crippen molar-refractivity contribution in [2.75, 3.05) is 19.6 Å². The Labute approximate surface area is 115 Å². The molecule has 1 aromatic carbocycles. The molecule has 1 fully saturated rings. The van der Waals surface area contributed by atoms with Crippen molar-refractivity contribution in [3.8, 4) is 5.75 Å². The van der Waals surface area contributed by atoms with Crippen LogP contribution in [0.5, 0.6) is 5.75 Å². The van der Waals surface area contributed by atoms with Gasteiger partial charge in [0.15, 0.2) is 0 Å². The van der Waals surface area contributed by atoms with Crippen LogP contribution in [0.1, 0.15) is 18.4 Å². The van der Waals surface area contributed by atoms with E-state index in [1.165, 1.54) is 5.56 Å². The van der Waals surface area contributed by atoms with Gasteiger partial charge in [0.2, 0.25) is 0 Å². The summed E-state index contributed by atoms with van der Waals surface area (Å²) in [6, 6.07) is 8.46. The molecular weight excluding hydrogens is 246 g/mol. The largest absolute Gasteiger partial charge is 0.487 e. The molecule has 2 heterocycles. The maximum Gasteiger partial charge on any atom is 0.123 e. The Morgan fingerprint density at radius 1 is 1.28 bits per heavy atom. The number of likely N-dealkylation sites (tertiary alicyclic amines) is 1. The first-order valence-corrected chi connectivity index (χ1v) is 6.41. The number of rotatable bonds is 2. The maximum absolute atomic E-state index is 6.21. The van der Waals surface area contributed by atoms with Crippen LogP contribution in [-0.4, -0.2) is 30.1 Å². The molecule has 0 aliphatic carbocycles. The number of nitrogens with zero attached hydrogens (tertiary/aromatic N) is 1. The minimum absolute atomic E-state index is 0. The summed E-state index contributed by atoms with van der Waals surface area (Å²) in [5, 5.41) is 0. The van der Waals surface area contributed by atoms with Crippen molar-refractivity contribution in [2.24, 2.45) is 0 Å². The Morgan fingerprint density at radius 3 is 2.67 bits per heavy atom. The first-order chi connectivity index (χ1) is 8.31. The first-order valence-electron chi connectivity index (χ1n) is 6.41. The molecule has 0 atom stereocenters. The van der Waals surface area contributed by atoms with E-state index in [2.05, 4.69) is 35.7 Å². The monoisotopic (exact) mass is 265 g/mol. The number of ether oxygens (including phenoxy) is 1. The highest BCUT2D eigenvalue weighted by Crippen LogP contribution is 2.40. The van der Waals surface area contributed by atoms with Gasteiger partial charge >= 0.3 is 0 Å². The highest BCUT2D eigenvalue weighted by Gasteiger charge is 2.41. The maximum atomic E-state index is 6.21. The zero-order chi connectivity index (χ0) is 11.7. The van der Waals surface area contributed by atoms with Crippen LogP contribution in [0.4, 0.5) is 0 Å². The second-order valence-electron chi connectivity index (χ2n) is 5.16. The third kappa shape index (κ3) is 2.40. The minimum atomic E-state index is 0. The lowest BCUT2D eigenvalue weighted by Gasteiger charge is -2.38. The first kappa shape index (κ1) is 13.4. The summed E-state index contributed by atoms with van der Waals surface area (Å²) < 4.78 is 6.21. The summed E-state index contributed by atoms with van der Waals surface area (Å²) in [4.78, 5) is 2.45. The predicted octanol–water partition coefficient (Wildman–Crippen LogP) is 3.06. The van der Waals surface area contributed by atoms with E-state index in [1.54, 1.807) is 0 Å². The van der Waals surface area contributed by atoms with Gasteiger partial charge in [0.1, 0.15) is 11.4 Å². The number of halogens is 1. The van der Waals surface area contributed by atoms with E-state index in [0.29, 0.717) is 0 Å². The minimum Gasteiger partial charge on any atom is -0.487 e. The van der Waals surface area contributed by atoms with E-state index < -0.39 is 0 Å². The number of hydrogen-bond donors (Lipinski definition) is 0. The van der Waals surface area contributed by atoms with Gasteiger partial charge in [-0.05, 0) is 11.6 Å². The van der Waals surface area contributed by atoms with Gasteiger partial charge in [0.25, 0.3) is 0 Å². The SMILES string of the molecule is C=CCN1CCC2(CC1)Cc1ccccc1O2.Cl. The molecule has 1 spiro atoms. The van der Waals surface area contributed by atoms with Crippen LogP contribution in [0.25, 0.3) is 0 Å². The molecule has 1 saturated heterocycles. The summed E-state index contributed by atoms with van der Waals surface area (Å²) in [5.74, 6) is 1.10. The Hall–Kier alpha value is -0.990. The van der Waals surface area contributed by atoms with Gasteiger partial charge in [0, 0.05) is 38.9 Å². The summed E-state index contributed by atoms with van der Waals surface area (Å²) in [6.07, 6.45) is 5.35. The highest BCUT2D eigenvalue weighted by atomic mass is 35.5. The molecule has 3 rings (SSSR count). The van der Waals surface area contributed by atoms with Crippen LogP contribution in [0, 0.1) is 0 Å². The molecule has 3 heteroatoms. The molecule has 0 N–H and O–H groups in total. The molecule has 2 aliphatic heterocycles. The summed E-state index contributed by atoms with van der Waals surface area (Å²) in [7, 11) is 0. The number of benzene rings is 1. The van der Waals surface area contributed by atoms with Crippen LogP contribution < -0.4 is 4.74 Å². The molecule has 0 amide bonds. The number of hydrogen-bond acceptors (Lipinski definition) is 2. The molecule has 0 unspecified atom stereocenters. The molecule has 0 saturated carbocycles. The fourth-order valence-electron chi connectivity index (χ4n) is 2.97. The zero-order valence-corrected chi connectivity index (χ0v) is 11.4. The highest BCUT2D eigenvalue weighted by molar-refractivity contribution is 5.85. The van der Waals surface area contributed by atoms with Crippen LogP contribution in [0.15, 0.2) is 36.9 Å². The van der Waals surface area contributed by atoms with Crippen LogP contribution in [0.3, 0.4) is 0 Å². The van der Waals surface area contributed by atoms with Gasteiger partial charge < -0.3 is 4.74 Å². The topological polar surface area (TPSA) is 12.5 Å². The fourth-order valence-corrected chi connectivity index (χ4v) is 2.97. The molecule has 2 nitrogen and oxygen atoms in total. The predicted molar refractivity (Wildman–Crippen MR) is 76.6 cm³/mol. The molecule has 2 aliphatic rings. The van der Waals surface area contributed by atoms with Crippen molar-refractivity contribution in [2.45, 2.75) is 24.9 Å². The molecular formula is C15H20ClNO. The fraction of sp³-hybridized carbons (Fsp3) is 0.467. The summed E-state index contributed by atoms with van der Waals surface area (Å²) in [5.41, 5.74) is 1.46. The lowest BCUT2D eigenvalue weighted by atomic mass is 9.87. The molecule has 0 radical (unpaired) electrons. The molecule has 0 aromatic heterocycles.